The molecule has 1 aromatic rings. The molecule has 0 bridgehead atoms. The SMILES string of the molecule is O=C1CN(Cc2ccc(Br)cc2)CCCN1. The van der Waals surface area contributed by atoms with E-state index in [1.165, 1.54) is 5.56 Å². The third-order valence-corrected chi connectivity index (χ3v) is 3.19. The van der Waals surface area contributed by atoms with E-state index < -0.39 is 0 Å². The molecule has 1 amide bonds. The zero-order valence-electron chi connectivity index (χ0n) is 9.08. The molecule has 1 aliphatic rings. The second kappa shape index (κ2) is 5.46. The van der Waals surface area contributed by atoms with E-state index in [2.05, 4.69) is 38.3 Å². The number of rotatable bonds is 2. The molecule has 1 aromatic carbocycles. The molecular weight excluding hydrogens is 268 g/mol. The summed E-state index contributed by atoms with van der Waals surface area (Å²) in [6.45, 7) is 3.14. The van der Waals surface area contributed by atoms with Gasteiger partial charge in [0.25, 0.3) is 0 Å². The van der Waals surface area contributed by atoms with Crippen molar-refractivity contribution in [1.82, 2.24) is 10.2 Å². The molecule has 1 aliphatic heterocycles. The summed E-state index contributed by atoms with van der Waals surface area (Å²) in [4.78, 5) is 13.6. The predicted octanol–water partition coefficient (Wildman–Crippen LogP) is 1.77. The molecule has 4 heteroatoms. The van der Waals surface area contributed by atoms with Crippen LogP contribution in [0.3, 0.4) is 0 Å². The number of nitrogens with one attached hydrogen (secondary N) is 1. The largest absolute Gasteiger partial charge is 0.355 e. The van der Waals surface area contributed by atoms with Crippen molar-refractivity contribution in [2.45, 2.75) is 13.0 Å². The summed E-state index contributed by atoms with van der Waals surface area (Å²) in [5.41, 5.74) is 1.25. The lowest BCUT2D eigenvalue weighted by Crippen LogP contribution is -2.32. The van der Waals surface area contributed by atoms with Crippen molar-refractivity contribution in [1.29, 1.82) is 0 Å². The van der Waals surface area contributed by atoms with Crippen LogP contribution in [-0.4, -0.2) is 30.4 Å². The van der Waals surface area contributed by atoms with Crippen LogP contribution in [0.5, 0.6) is 0 Å². The number of carbonyl (C=O) groups excluding carboxylic acids is 1. The molecule has 1 saturated heterocycles. The van der Waals surface area contributed by atoms with E-state index in [0.717, 1.165) is 30.5 Å². The molecule has 1 fully saturated rings. The number of nitrogens with zero attached hydrogens (tertiary/aromatic N) is 1. The molecule has 0 atom stereocenters. The number of hydrogen-bond donors (Lipinski definition) is 1. The highest BCUT2D eigenvalue weighted by Crippen LogP contribution is 2.12. The normalized spacial score (nSPS) is 17.9. The van der Waals surface area contributed by atoms with Gasteiger partial charge in [0.2, 0.25) is 5.91 Å². The van der Waals surface area contributed by atoms with Crippen LogP contribution in [0.1, 0.15) is 12.0 Å². The van der Waals surface area contributed by atoms with Crippen LogP contribution in [-0.2, 0) is 11.3 Å². The van der Waals surface area contributed by atoms with Gasteiger partial charge in [0, 0.05) is 24.1 Å². The molecule has 0 aliphatic carbocycles. The van der Waals surface area contributed by atoms with E-state index in [9.17, 15) is 4.79 Å². The first kappa shape index (κ1) is 11.6. The number of halogens is 1. The van der Waals surface area contributed by atoms with Crippen LogP contribution in [0.25, 0.3) is 0 Å². The van der Waals surface area contributed by atoms with Crippen LogP contribution in [0.4, 0.5) is 0 Å². The quantitative estimate of drug-likeness (QED) is 0.897. The average Bonchev–Trinajstić information content (AvgIpc) is 2.46. The van der Waals surface area contributed by atoms with Gasteiger partial charge in [0.1, 0.15) is 0 Å². The van der Waals surface area contributed by atoms with Crippen LogP contribution in [0.15, 0.2) is 28.7 Å². The van der Waals surface area contributed by atoms with E-state index in [0.29, 0.717) is 6.54 Å². The maximum Gasteiger partial charge on any atom is 0.234 e. The van der Waals surface area contributed by atoms with Crippen molar-refractivity contribution in [3.63, 3.8) is 0 Å². The molecule has 1 heterocycles. The summed E-state index contributed by atoms with van der Waals surface area (Å²) in [5, 5.41) is 2.88. The van der Waals surface area contributed by atoms with Crippen molar-refractivity contribution < 1.29 is 4.79 Å². The third kappa shape index (κ3) is 3.32. The topological polar surface area (TPSA) is 32.3 Å². The first-order valence-corrected chi connectivity index (χ1v) is 6.27. The number of benzene rings is 1. The molecule has 0 spiro atoms. The minimum Gasteiger partial charge on any atom is -0.355 e. The highest BCUT2D eigenvalue weighted by molar-refractivity contribution is 9.10. The van der Waals surface area contributed by atoms with Crippen LogP contribution >= 0.6 is 15.9 Å². The molecule has 0 aromatic heterocycles. The molecule has 0 saturated carbocycles. The van der Waals surface area contributed by atoms with E-state index in [4.69, 9.17) is 0 Å². The summed E-state index contributed by atoms with van der Waals surface area (Å²) >= 11 is 3.41. The maximum absolute atomic E-state index is 11.4. The van der Waals surface area contributed by atoms with Crippen molar-refractivity contribution in [3.8, 4) is 0 Å². The molecule has 16 heavy (non-hydrogen) atoms. The highest BCUT2D eigenvalue weighted by Gasteiger charge is 2.14. The zero-order valence-corrected chi connectivity index (χ0v) is 10.7. The summed E-state index contributed by atoms with van der Waals surface area (Å²) in [6.07, 6.45) is 1.03. The Morgan fingerprint density at radius 1 is 1.31 bits per heavy atom. The lowest BCUT2D eigenvalue weighted by atomic mass is 10.2. The maximum atomic E-state index is 11.4. The van der Waals surface area contributed by atoms with Crippen molar-refractivity contribution >= 4 is 21.8 Å². The molecule has 1 N–H and O–H groups in total. The fraction of sp³-hybridized carbons (Fsp3) is 0.417. The van der Waals surface area contributed by atoms with Gasteiger partial charge < -0.3 is 5.32 Å². The summed E-state index contributed by atoms with van der Waals surface area (Å²) in [6, 6.07) is 8.25. The second-order valence-corrected chi connectivity index (χ2v) is 4.96. The monoisotopic (exact) mass is 282 g/mol. The van der Waals surface area contributed by atoms with Gasteiger partial charge in [-0.25, -0.2) is 0 Å². The Morgan fingerprint density at radius 3 is 2.81 bits per heavy atom. The highest BCUT2D eigenvalue weighted by atomic mass is 79.9. The van der Waals surface area contributed by atoms with E-state index in [1.54, 1.807) is 0 Å². The molecule has 0 radical (unpaired) electrons. The van der Waals surface area contributed by atoms with Gasteiger partial charge in [-0.3, -0.25) is 9.69 Å². The van der Waals surface area contributed by atoms with Crippen LogP contribution in [0.2, 0.25) is 0 Å². The fourth-order valence-corrected chi connectivity index (χ4v) is 2.12. The minimum absolute atomic E-state index is 0.134. The van der Waals surface area contributed by atoms with Gasteiger partial charge in [-0.1, -0.05) is 28.1 Å². The predicted molar refractivity (Wildman–Crippen MR) is 67.0 cm³/mol. The van der Waals surface area contributed by atoms with Gasteiger partial charge in [0.15, 0.2) is 0 Å². The van der Waals surface area contributed by atoms with Crippen molar-refractivity contribution in [2.24, 2.45) is 0 Å². The van der Waals surface area contributed by atoms with Gasteiger partial charge in [0.05, 0.1) is 6.54 Å². The summed E-state index contributed by atoms with van der Waals surface area (Å²) in [5.74, 6) is 0.134. The lowest BCUT2D eigenvalue weighted by Gasteiger charge is -2.18. The second-order valence-electron chi connectivity index (χ2n) is 4.04. The van der Waals surface area contributed by atoms with Gasteiger partial charge >= 0.3 is 0 Å². The van der Waals surface area contributed by atoms with Crippen molar-refractivity contribution in [2.75, 3.05) is 19.6 Å². The Bertz CT molecular complexity index is 364. The zero-order chi connectivity index (χ0) is 11.4. The number of hydrogen-bond acceptors (Lipinski definition) is 2. The third-order valence-electron chi connectivity index (χ3n) is 2.66. The number of carbonyl (C=O) groups is 1. The fourth-order valence-electron chi connectivity index (χ4n) is 1.85. The molecule has 2 rings (SSSR count). The van der Waals surface area contributed by atoms with Crippen LogP contribution < -0.4 is 5.32 Å². The Balaban J connectivity index is 1.97. The lowest BCUT2D eigenvalue weighted by molar-refractivity contribution is -0.121. The first-order valence-electron chi connectivity index (χ1n) is 5.47. The van der Waals surface area contributed by atoms with E-state index >= 15 is 0 Å². The Kier molecular flexibility index (Phi) is 3.96. The first-order chi connectivity index (χ1) is 7.74. The van der Waals surface area contributed by atoms with Crippen LogP contribution in [0, 0.1) is 0 Å². The van der Waals surface area contributed by atoms with E-state index in [-0.39, 0.29) is 5.91 Å². The minimum atomic E-state index is 0.134. The average molecular weight is 283 g/mol. The smallest absolute Gasteiger partial charge is 0.234 e. The van der Waals surface area contributed by atoms with Crippen molar-refractivity contribution in [3.05, 3.63) is 34.3 Å². The Morgan fingerprint density at radius 2 is 2.06 bits per heavy atom. The molecule has 3 nitrogen and oxygen atoms in total. The van der Waals surface area contributed by atoms with E-state index in [1.807, 2.05) is 12.1 Å². The standard InChI is InChI=1S/C12H15BrN2O/c13-11-4-2-10(3-5-11)8-15-7-1-6-14-12(16)9-15/h2-5H,1,6-9H2,(H,14,16). The molecule has 86 valence electrons. The number of amides is 1. The Labute approximate surface area is 104 Å². The molecular formula is C12H15BrN2O. The summed E-state index contributed by atoms with van der Waals surface area (Å²) in [7, 11) is 0. The Hall–Kier alpha value is -0.870. The molecule has 0 unspecified atom stereocenters. The van der Waals surface area contributed by atoms with Gasteiger partial charge in [-0.05, 0) is 24.1 Å². The van der Waals surface area contributed by atoms with Gasteiger partial charge in [-0.2, -0.15) is 0 Å². The summed E-state index contributed by atoms with van der Waals surface area (Å²) < 4.78 is 1.09. The van der Waals surface area contributed by atoms with Gasteiger partial charge in [-0.15, -0.1) is 0 Å².